The van der Waals surface area contributed by atoms with Gasteiger partial charge in [-0.15, -0.1) is 0 Å². The molecule has 0 saturated carbocycles. The molecule has 5 nitrogen and oxygen atoms in total. The van der Waals surface area contributed by atoms with Crippen LogP contribution in [0.4, 0.5) is 4.79 Å². The van der Waals surface area contributed by atoms with Gasteiger partial charge in [0.05, 0.1) is 0 Å². The maximum Gasteiger partial charge on any atom is 0.327 e. The fourth-order valence-corrected chi connectivity index (χ4v) is 2.33. The van der Waals surface area contributed by atoms with E-state index < -0.39 is 5.54 Å². The molecular weight excluding hydrogens is 233 g/mol. The first-order chi connectivity index (χ1) is 6.47. The van der Waals surface area contributed by atoms with Crippen molar-refractivity contribution in [2.75, 3.05) is 33.7 Å². The minimum atomic E-state index is -0.640. The van der Waals surface area contributed by atoms with Crippen LogP contribution >= 0.6 is 0 Å². The molecular formula is C9H15N3O2V. The number of carbonyl (C=O) groups excluding carboxylic acids is 2. The predicted octanol–water partition coefficient (Wildman–Crippen LogP) is -0.418. The third-order valence-electron chi connectivity index (χ3n) is 3.16. The van der Waals surface area contributed by atoms with Crippen molar-refractivity contribution in [3.63, 3.8) is 0 Å². The molecule has 2 aliphatic rings. The van der Waals surface area contributed by atoms with Gasteiger partial charge in [-0.2, -0.15) is 0 Å². The third kappa shape index (κ3) is 1.59. The van der Waals surface area contributed by atoms with Crippen molar-refractivity contribution in [1.29, 1.82) is 0 Å². The van der Waals surface area contributed by atoms with E-state index in [1.165, 1.54) is 4.90 Å². The first kappa shape index (κ1) is 12.6. The minimum Gasteiger partial charge on any atom is -0.307 e. The minimum absolute atomic E-state index is 0. The van der Waals surface area contributed by atoms with Crippen molar-refractivity contribution in [3.8, 4) is 0 Å². The summed E-state index contributed by atoms with van der Waals surface area (Å²) < 4.78 is 0. The largest absolute Gasteiger partial charge is 0.327 e. The fourth-order valence-electron chi connectivity index (χ4n) is 2.33. The summed E-state index contributed by atoms with van der Waals surface area (Å²) in [5, 5.41) is 0. The van der Waals surface area contributed by atoms with E-state index in [4.69, 9.17) is 0 Å². The van der Waals surface area contributed by atoms with Gasteiger partial charge in [0.15, 0.2) is 0 Å². The van der Waals surface area contributed by atoms with Crippen LogP contribution in [-0.2, 0) is 23.4 Å². The smallest absolute Gasteiger partial charge is 0.307 e. The van der Waals surface area contributed by atoms with Gasteiger partial charge >= 0.3 is 6.03 Å². The van der Waals surface area contributed by atoms with Gasteiger partial charge in [0.2, 0.25) is 0 Å². The van der Waals surface area contributed by atoms with E-state index in [1.807, 2.05) is 14.0 Å². The summed E-state index contributed by atoms with van der Waals surface area (Å²) in [5.74, 6) is -0.0888. The number of piperazine rings is 1. The zero-order chi connectivity index (χ0) is 10.5. The molecule has 2 fully saturated rings. The molecule has 0 N–H and O–H groups in total. The Kier molecular flexibility index (Phi) is 3.19. The predicted molar refractivity (Wildman–Crippen MR) is 50.8 cm³/mol. The van der Waals surface area contributed by atoms with E-state index in [0.717, 1.165) is 6.54 Å². The van der Waals surface area contributed by atoms with Gasteiger partial charge in [-0.1, -0.05) is 0 Å². The maximum atomic E-state index is 11.9. The second kappa shape index (κ2) is 3.81. The number of urea groups is 1. The second-order valence-electron chi connectivity index (χ2n) is 4.31. The fraction of sp³-hybridized carbons (Fsp3) is 0.778. The summed E-state index contributed by atoms with van der Waals surface area (Å²) in [6.45, 7) is 3.94. The van der Waals surface area contributed by atoms with Crippen LogP contribution < -0.4 is 0 Å². The molecule has 0 aromatic heterocycles. The van der Waals surface area contributed by atoms with Crippen molar-refractivity contribution in [2.24, 2.45) is 0 Å². The molecule has 2 aliphatic heterocycles. The average Bonchev–Trinajstić information content (AvgIpc) is 2.28. The van der Waals surface area contributed by atoms with Crippen LogP contribution in [0.25, 0.3) is 0 Å². The number of carbonyl (C=O) groups is 2. The Morgan fingerprint density at radius 1 is 1.20 bits per heavy atom. The molecule has 0 aromatic carbocycles. The van der Waals surface area contributed by atoms with Gasteiger partial charge in [-0.3, -0.25) is 9.69 Å². The quantitative estimate of drug-likeness (QED) is 0.547. The maximum absolute atomic E-state index is 11.9. The van der Waals surface area contributed by atoms with Crippen molar-refractivity contribution in [1.82, 2.24) is 14.7 Å². The van der Waals surface area contributed by atoms with E-state index in [1.54, 1.807) is 11.9 Å². The summed E-state index contributed by atoms with van der Waals surface area (Å²) in [7, 11) is 3.52. The molecule has 0 aliphatic carbocycles. The monoisotopic (exact) mass is 248 g/mol. The van der Waals surface area contributed by atoms with E-state index in [9.17, 15) is 9.59 Å². The summed E-state index contributed by atoms with van der Waals surface area (Å²) in [5.41, 5.74) is -0.640. The number of nitrogens with zero attached hydrogens (tertiary/aromatic N) is 3. The summed E-state index contributed by atoms with van der Waals surface area (Å²) >= 11 is 0. The van der Waals surface area contributed by atoms with Crippen LogP contribution in [0.15, 0.2) is 0 Å². The first-order valence-corrected chi connectivity index (χ1v) is 4.75. The van der Waals surface area contributed by atoms with Crippen LogP contribution in [0.1, 0.15) is 6.92 Å². The first-order valence-electron chi connectivity index (χ1n) is 4.75. The average molecular weight is 248 g/mol. The molecule has 0 spiro atoms. The molecule has 2 rings (SSSR count). The van der Waals surface area contributed by atoms with Crippen LogP contribution in [-0.4, -0.2) is 65.9 Å². The molecule has 0 aromatic rings. The standard InChI is InChI=1S/C9H15N3O2.V/c1-9-6-10(2)4-5-12(9)8(14)11(3)7(9)13;/h4-6H2,1-3H3;. The van der Waals surface area contributed by atoms with E-state index >= 15 is 0 Å². The Morgan fingerprint density at radius 2 is 1.80 bits per heavy atom. The normalized spacial score (nSPS) is 31.7. The Labute approximate surface area is 101 Å². The number of fused-ring (bicyclic) bond motifs is 1. The van der Waals surface area contributed by atoms with Crippen LogP contribution in [0.5, 0.6) is 0 Å². The Morgan fingerprint density at radius 3 is 2.40 bits per heavy atom. The number of amides is 3. The number of rotatable bonds is 0. The Balaban J connectivity index is 0.00000112. The number of hydrogen-bond acceptors (Lipinski definition) is 3. The summed E-state index contributed by atoms with van der Waals surface area (Å²) in [4.78, 5) is 28.5. The number of imide groups is 1. The van der Waals surface area contributed by atoms with E-state index in [0.29, 0.717) is 13.1 Å². The van der Waals surface area contributed by atoms with Gasteiger partial charge in [-0.25, -0.2) is 4.79 Å². The molecule has 2 heterocycles. The number of hydrogen-bond donors (Lipinski definition) is 0. The molecule has 1 atom stereocenters. The molecule has 3 amide bonds. The SMILES string of the molecule is CN1CCN2C(=O)N(C)C(=O)C2(C)C1.[V]. The molecule has 2 saturated heterocycles. The Hall–Kier alpha value is -0.516. The van der Waals surface area contributed by atoms with Crippen LogP contribution in [0, 0.1) is 0 Å². The molecule has 83 valence electrons. The molecule has 1 radical (unpaired) electrons. The van der Waals surface area contributed by atoms with Crippen LogP contribution in [0.2, 0.25) is 0 Å². The van der Waals surface area contributed by atoms with Crippen molar-refractivity contribution in [3.05, 3.63) is 0 Å². The van der Waals surface area contributed by atoms with Gasteiger partial charge in [0, 0.05) is 45.2 Å². The van der Waals surface area contributed by atoms with Crippen LogP contribution in [0.3, 0.4) is 0 Å². The zero-order valence-electron chi connectivity index (χ0n) is 9.23. The van der Waals surface area contributed by atoms with Gasteiger partial charge < -0.3 is 9.80 Å². The molecule has 0 bridgehead atoms. The molecule has 15 heavy (non-hydrogen) atoms. The van der Waals surface area contributed by atoms with Crippen molar-refractivity contribution >= 4 is 11.9 Å². The summed E-state index contributed by atoms with van der Waals surface area (Å²) in [6.07, 6.45) is 0. The topological polar surface area (TPSA) is 43.9 Å². The molecule has 1 unspecified atom stereocenters. The summed E-state index contributed by atoms with van der Waals surface area (Å²) in [6, 6.07) is -0.161. The van der Waals surface area contributed by atoms with Gasteiger partial charge in [-0.05, 0) is 14.0 Å². The van der Waals surface area contributed by atoms with Crippen molar-refractivity contribution in [2.45, 2.75) is 12.5 Å². The van der Waals surface area contributed by atoms with E-state index in [2.05, 4.69) is 4.90 Å². The van der Waals surface area contributed by atoms with Gasteiger partial charge in [0.25, 0.3) is 5.91 Å². The Bertz CT molecular complexity index is 310. The molecule has 6 heteroatoms. The van der Waals surface area contributed by atoms with Gasteiger partial charge in [0.1, 0.15) is 5.54 Å². The van der Waals surface area contributed by atoms with E-state index in [-0.39, 0.29) is 30.5 Å². The van der Waals surface area contributed by atoms with Crippen molar-refractivity contribution < 1.29 is 28.1 Å². The third-order valence-corrected chi connectivity index (χ3v) is 3.16. The second-order valence-corrected chi connectivity index (χ2v) is 4.31. The number of likely N-dealkylation sites (N-methyl/N-ethyl adjacent to an activating group) is 2. The zero-order valence-corrected chi connectivity index (χ0v) is 10.6.